The largest absolute Gasteiger partial charge is 0.378 e. The molecule has 1 aromatic carbocycles. The van der Waals surface area contributed by atoms with Gasteiger partial charge in [0.15, 0.2) is 0 Å². The quantitative estimate of drug-likeness (QED) is 0.809. The van der Waals surface area contributed by atoms with E-state index in [0.717, 1.165) is 62.3 Å². The van der Waals surface area contributed by atoms with Gasteiger partial charge in [-0.05, 0) is 37.8 Å². The van der Waals surface area contributed by atoms with Crippen LogP contribution in [0.1, 0.15) is 24.1 Å². The second-order valence-corrected chi connectivity index (χ2v) is 8.61. The molecule has 3 aliphatic rings. The Balaban J connectivity index is 1.35. The first kappa shape index (κ1) is 18.2. The lowest BCUT2D eigenvalue weighted by Gasteiger charge is -2.48. The average molecular weight is 383 g/mol. The van der Waals surface area contributed by atoms with Crippen molar-refractivity contribution in [3.8, 4) is 5.69 Å². The van der Waals surface area contributed by atoms with Gasteiger partial charge in [-0.15, -0.1) is 0 Å². The molecule has 0 spiro atoms. The van der Waals surface area contributed by atoms with Gasteiger partial charge in [-0.25, -0.2) is 4.68 Å². The van der Waals surface area contributed by atoms with E-state index in [0.29, 0.717) is 12.1 Å². The number of piperazine rings is 1. The second kappa shape index (κ2) is 7.17. The fraction of sp³-hybridized carbons (Fsp3) is 0.591. The summed E-state index contributed by atoms with van der Waals surface area (Å²) in [6, 6.07) is 11.0. The average Bonchev–Trinajstić information content (AvgIpc) is 3.54. The van der Waals surface area contributed by atoms with E-state index in [-0.39, 0.29) is 5.56 Å². The van der Waals surface area contributed by atoms with E-state index < -0.39 is 0 Å². The highest BCUT2D eigenvalue weighted by Crippen LogP contribution is 2.38. The highest BCUT2D eigenvalue weighted by Gasteiger charge is 2.42. The summed E-state index contributed by atoms with van der Waals surface area (Å²) in [6.07, 6.45) is 2.73. The van der Waals surface area contributed by atoms with Crippen LogP contribution in [-0.2, 0) is 18.3 Å². The van der Waals surface area contributed by atoms with Crippen molar-refractivity contribution in [2.45, 2.75) is 38.4 Å². The standard InChI is InChI=1S/C22H30N4O2/c1-16-20(22(27)26(23(16)2)18-6-4-3-5-7-18)13-24-10-11-25-19(12-24)14-28-15-21(25)17-8-9-17/h3-7,17,19,21H,8-15H2,1-2H3/t19-,21-/m1/s1. The monoisotopic (exact) mass is 382 g/mol. The molecule has 6 heteroatoms. The van der Waals surface area contributed by atoms with E-state index in [9.17, 15) is 4.79 Å². The Labute approximate surface area is 166 Å². The van der Waals surface area contributed by atoms with Gasteiger partial charge in [0.2, 0.25) is 0 Å². The lowest BCUT2D eigenvalue weighted by atomic mass is 10.0. The zero-order valence-electron chi connectivity index (χ0n) is 16.9. The number of ether oxygens (including phenoxy) is 1. The number of rotatable bonds is 4. The summed E-state index contributed by atoms with van der Waals surface area (Å²) >= 11 is 0. The lowest BCUT2D eigenvalue weighted by molar-refractivity contribution is -0.0880. The number of nitrogens with zero attached hydrogens (tertiary/aromatic N) is 4. The van der Waals surface area contributed by atoms with Gasteiger partial charge in [-0.3, -0.25) is 19.3 Å². The summed E-state index contributed by atoms with van der Waals surface area (Å²) in [5.74, 6) is 0.851. The maximum atomic E-state index is 13.2. The first-order valence-corrected chi connectivity index (χ1v) is 10.5. The molecule has 5 rings (SSSR count). The fourth-order valence-electron chi connectivity index (χ4n) is 5.00. The molecular formula is C22H30N4O2. The molecule has 2 aliphatic heterocycles. The summed E-state index contributed by atoms with van der Waals surface area (Å²) in [6.45, 7) is 7.60. The predicted octanol–water partition coefficient (Wildman–Crippen LogP) is 1.78. The van der Waals surface area contributed by atoms with Crippen LogP contribution in [0.4, 0.5) is 0 Å². The predicted molar refractivity (Wildman–Crippen MR) is 109 cm³/mol. The van der Waals surface area contributed by atoms with Crippen LogP contribution in [0.25, 0.3) is 5.69 Å². The van der Waals surface area contributed by atoms with Gasteiger partial charge in [0.25, 0.3) is 5.56 Å². The third-order valence-corrected chi connectivity index (χ3v) is 6.86. The Hall–Kier alpha value is -1.89. The minimum Gasteiger partial charge on any atom is -0.378 e. The minimum absolute atomic E-state index is 0.101. The van der Waals surface area contributed by atoms with Crippen LogP contribution in [0.5, 0.6) is 0 Å². The van der Waals surface area contributed by atoms with Crippen molar-refractivity contribution in [2.75, 3.05) is 32.8 Å². The number of para-hydroxylation sites is 1. The lowest BCUT2D eigenvalue weighted by Crippen LogP contribution is -2.62. The highest BCUT2D eigenvalue weighted by atomic mass is 16.5. The Morgan fingerprint density at radius 2 is 1.89 bits per heavy atom. The highest BCUT2D eigenvalue weighted by molar-refractivity contribution is 5.33. The molecule has 1 aliphatic carbocycles. The Kier molecular flexibility index (Phi) is 4.65. The number of hydrogen-bond acceptors (Lipinski definition) is 4. The minimum atomic E-state index is 0.101. The van der Waals surface area contributed by atoms with Crippen molar-refractivity contribution in [3.05, 3.63) is 51.9 Å². The fourth-order valence-corrected chi connectivity index (χ4v) is 5.00. The summed E-state index contributed by atoms with van der Waals surface area (Å²) in [5.41, 5.74) is 2.98. The summed E-state index contributed by atoms with van der Waals surface area (Å²) in [4.78, 5) is 18.3. The number of hydrogen-bond donors (Lipinski definition) is 0. The van der Waals surface area contributed by atoms with Gasteiger partial charge >= 0.3 is 0 Å². The summed E-state index contributed by atoms with van der Waals surface area (Å²) in [7, 11) is 1.97. The Morgan fingerprint density at radius 3 is 2.64 bits per heavy atom. The number of fused-ring (bicyclic) bond motifs is 1. The Morgan fingerprint density at radius 1 is 1.11 bits per heavy atom. The van der Waals surface area contributed by atoms with Crippen LogP contribution >= 0.6 is 0 Å². The molecule has 3 fully saturated rings. The van der Waals surface area contributed by atoms with Gasteiger partial charge < -0.3 is 4.74 Å². The van der Waals surface area contributed by atoms with E-state index >= 15 is 0 Å². The first-order chi connectivity index (χ1) is 13.6. The second-order valence-electron chi connectivity index (χ2n) is 8.61. The summed E-state index contributed by atoms with van der Waals surface area (Å²) in [5, 5.41) is 0. The van der Waals surface area contributed by atoms with Crippen molar-refractivity contribution in [1.82, 2.24) is 19.2 Å². The van der Waals surface area contributed by atoms with Crippen LogP contribution in [0.3, 0.4) is 0 Å². The molecule has 2 aromatic rings. The number of aromatic nitrogens is 2. The van der Waals surface area contributed by atoms with Crippen LogP contribution in [0.2, 0.25) is 0 Å². The third-order valence-electron chi connectivity index (χ3n) is 6.86. The molecule has 150 valence electrons. The van der Waals surface area contributed by atoms with Crippen molar-refractivity contribution in [2.24, 2.45) is 13.0 Å². The molecule has 1 aromatic heterocycles. The van der Waals surface area contributed by atoms with E-state index in [2.05, 4.69) is 16.7 Å². The molecule has 0 bridgehead atoms. The zero-order chi connectivity index (χ0) is 19.3. The molecule has 3 heterocycles. The van der Waals surface area contributed by atoms with E-state index in [1.54, 1.807) is 4.68 Å². The van der Waals surface area contributed by atoms with Gasteiger partial charge in [0.1, 0.15) is 0 Å². The molecular weight excluding hydrogens is 352 g/mol. The van der Waals surface area contributed by atoms with Gasteiger partial charge in [-0.2, -0.15) is 0 Å². The SMILES string of the molecule is Cc1c(CN2CCN3[C@@H](COC[C@@H]3C3CC3)C2)c(=O)n(-c2ccccc2)n1C. The third kappa shape index (κ3) is 3.13. The van der Waals surface area contributed by atoms with E-state index in [1.807, 2.05) is 42.1 Å². The molecule has 2 saturated heterocycles. The maximum absolute atomic E-state index is 13.2. The molecule has 28 heavy (non-hydrogen) atoms. The van der Waals surface area contributed by atoms with Gasteiger partial charge in [0, 0.05) is 51.0 Å². The van der Waals surface area contributed by atoms with Crippen molar-refractivity contribution >= 4 is 0 Å². The molecule has 0 radical (unpaired) electrons. The van der Waals surface area contributed by atoms with Crippen LogP contribution in [-0.4, -0.2) is 64.1 Å². The summed E-state index contributed by atoms with van der Waals surface area (Å²) < 4.78 is 9.71. The zero-order valence-corrected chi connectivity index (χ0v) is 16.9. The van der Waals surface area contributed by atoms with Crippen LogP contribution in [0.15, 0.2) is 35.1 Å². The van der Waals surface area contributed by atoms with Crippen molar-refractivity contribution in [3.63, 3.8) is 0 Å². The molecule has 0 amide bonds. The smallest absolute Gasteiger partial charge is 0.276 e. The van der Waals surface area contributed by atoms with Crippen molar-refractivity contribution in [1.29, 1.82) is 0 Å². The molecule has 6 nitrogen and oxygen atoms in total. The normalized spacial score (nSPS) is 26.4. The number of morpholine rings is 1. The Bertz CT molecular complexity index is 899. The van der Waals surface area contributed by atoms with Crippen LogP contribution < -0.4 is 5.56 Å². The van der Waals surface area contributed by atoms with Gasteiger partial charge in [-0.1, -0.05) is 18.2 Å². The molecule has 0 N–H and O–H groups in total. The van der Waals surface area contributed by atoms with Gasteiger partial charge in [0.05, 0.1) is 24.5 Å². The van der Waals surface area contributed by atoms with Crippen LogP contribution in [0, 0.1) is 12.8 Å². The topological polar surface area (TPSA) is 42.6 Å². The van der Waals surface area contributed by atoms with Crippen molar-refractivity contribution < 1.29 is 4.74 Å². The maximum Gasteiger partial charge on any atom is 0.276 e. The molecule has 0 unspecified atom stereocenters. The number of benzene rings is 1. The van der Waals surface area contributed by atoms with E-state index in [4.69, 9.17) is 4.74 Å². The molecule has 2 atom stereocenters. The molecule has 1 saturated carbocycles. The first-order valence-electron chi connectivity index (χ1n) is 10.5. The van der Waals surface area contributed by atoms with E-state index in [1.165, 1.54) is 12.8 Å².